The van der Waals surface area contributed by atoms with Crippen LogP contribution in [0.4, 0.5) is 4.79 Å². The van der Waals surface area contributed by atoms with Crippen LogP contribution in [-0.2, 0) is 4.79 Å². The minimum Gasteiger partial charge on any atom is -0.481 e. The lowest BCUT2D eigenvalue weighted by Crippen LogP contribution is -2.42. The number of hydrogen-bond donors (Lipinski definition) is 2. The van der Waals surface area contributed by atoms with Crippen LogP contribution < -0.4 is 5.32 Å². The van der Waals surface area contributed by atoms with Crippen LogP contribution in [0.25, 0.3) is 0 Å². The van der Waals surface area contributed by atoms with Crippen molar-refractivity contribution in [3.8, 4) is 11.8 Å². The second kappa shape index (κ2) is 6.79. The maximum atomic E-state index is 11.8. The molecule has 0 atom stereocenters. The Morgan fingerprint density at radius 1 is 1.47 bits per heavy atom. The first-order chi connectivity index (χ1) is 8.15. The first-order valence-corrected chi connectivity index (χ1v) is 5.81. The van der Waals surface area contributed by atoms with Crippen LogP contribution in [-0.4, -0.2) is 41.1 Å². The number of amides is 2. The molecular formula is C12H18N2O3. The summed E-state index contributed by atoms with van der Waals surface area (Å²) in [4.78, 5) is 23.9. The van der Waals surface area contributed by atoms with Gasteiger partial charge in [0, 0.05) is 25.6 Å². The number of nitrogens with one attached hydrogen (secondary N) is 1. The molecule has 5 heteroatoms. The molecule has 0 heterocycles. The van der Waals surface area contributed by atoms with Crippen molar-refractivity contribution in [3.05, 3.63) is 0 Å². The van der Waals surface area contributed by atoms with Gasteiger partial charge in [-0.25, -0.2) is 4.79 Å². The lowest BCUT2D eigenvalue weighted by molar-refractivity contribution is -0.137. The number of carbonyl (C=O) groups excluding carboxylic acids is 1. The summed E-state index contributed by atoms with van der Waals surface area (Å²) in [5.74, 6) is 4.74. The third kappa shape index (κ3) is 5.25. The summed E-state index contributed by atoms with van der Waals surface area (Å²) in [6.45, 7) is 2.55. The van der Waals surface area contributed by atoms with E-state index in [9.17, 15) is 9.59 Å². The fourth-order valence-electron chi connectivity index (χ4n) is 1.51. The zero-order valence-electron chi connectivity index (χ0n) is 10.0. The van der Waals surface area contributed by atoms with Gasteiger partial charge in [0.25, 0.3) is 0 Å². The Hall–Kier alpha value is -1.70. The topological polar surface area (TPSA) is 69.6 Å². The Kier molecular flexibility index (Phi) is 5.34. The summed E-state index contributed by atoms with van der Waals surface area (Å²) in [5, 5.41) is 11.4. The Balaban J connectivity index is 2.32. The van der Waals surface area contributed by atoms with Crippen LogP contribution in [0.5, 0.6) is 0 Å². The van der Waals surface area contributed by atoms with E-state index in [0.29, 0.717) is 13.0 Å². The van der Waals surface area contributed by atoms with E-state index in [1.54, 1.807) is 11.8 Å². The lowest BCUT2D eigenvalue weighted by atomic mass is 10.3. The van der Waals surface area contributed by atoms with Crippen molar-refractivity contribution in [1.82, 2.24) is 10.2 Å². The first kappa shape index (κ1) is 13.4. The first-order valence-electron chi connectivity index (χ1n) is 5.81. The number of carbonyl (C=O) groups is 2. The average Bonchev–Trinajstić information content (AvgIpc) is 3.08. The second-order valence-electron chi connectivity index (χ2n) is 3.98. The third-order valence-corrected chi connectivity index (χ3v) is 2.52. The van der Waals surface area contributed by atoms with Gasteiger partial charge in [-0.15, -0.1) is 11.8 Å². The van der Waals surface area contributed by atoms with Gasteiger partial charge in [0.2, 0.25) is 0 Å². The Morgan fingerprint density at radius 2 is 2.18 bits per heavy atom. The molecular weight excluding hydrogens is 220 g/mol. The normalized spacial score (nSPS) is 13.5. The molecule has 5 nitrogen and oxygen atoms in total. The van der Waals surface area contributed by atoms with Crippen molar-refractivity contribution in [2.75, 3.05) is 13.1 Å². The minimum atomic E-state index is -0.875. The van der Waals surface area contributed by atoms with Crippen molar-refractivity contribution in [1.29, 1.82) is 0 Å². The van der Waals surface area contributed by atoms with E-state index in [4.69, 9.17) is 5.11 Å². The number of carboxylic acid groups (broad SMARTS) is 1. The van der Waals surface area contributed by atoms with Crippen LogP contribution in [0.2, 0.25) is 0 Å². The summed E-state index contributed by atoms with van der Waals surface area (Å²) in [7, 11) is 0. The molecule has 1 aliphatic carbocycles. The molecule has 0 spiro atoms. The van der Waals surface area contributed by atoms with Gasteiger partial charge in [-0.05, 0) is 19.8 Å². The summed E-state index contributed by atoms with van der Waals surface area (Å²) < 4.78 is 0. The van der Waals surface area contributed by atoms with Crippen LogP contribution in [0, 0.1) is 11.8 Å². The van der Waals surface area contributed by atoms with E-state index in [1.165, 1.54) is 0 Å². The molecule has 0 radical (unpaired) electrons. The van der Waals surface area contributed by atoms with E-state index >= 15 is 0 Å². The van der Waals surface area contributed by atoms with Gasteiger partial charge < -0.3 is 15.3 Å². The molecule has 0 aromatic rings. The van der Waals surface area contributed by atoms with Crippen molar-refractivity contribution < 1.29 is 14.7 Å². The van der Waals surface area contributed by atoms with Crippen molar-refractivity contribution in [3.63, 3.8) is 0 Å². The molecule has 0 aliphatic heterocycles. The zero-order chi connectivity index (χ0) is 12.7. The van der Waals surface area contributed by atoms with Crippen molar-refractivity contribution in [2.45, 2.75) is 38.6 Å². The van der Waals surface area contributed by atoms with Gasteiger partial charge in [-0.2, -0.15) is 0 Å². The second-order valence-corrected chi connectivity index (χ2v) is 3.98. The van der Waals surface area contributed by atoms with Gasteiger partial charge >= 0.3 is 12.0 Å². The standard InChI is InChI=1S/C12H18N2O3/c1-2-3-4-8-13-12(17)14(10-5-6-10)9-7-11(15)16/h10H,4-9H2,1H3,(H,13,17)(H,15,16). The molecule has 94 valence electrons. The predicted molar refractivity (Wildman–Crippen MR) is 63.4 cm³/mol. The van der Waals surface area contributed by atoms with E-state index in [1.807, 2.05) is 0 Å². The van der Waals surface area contributed by atoms with Gasteiger partial charge in [-0.3, -0.25) is 4.79 Å². The highest BCUT2D eigenvalue weighted by atomic mass is 16.4. The minimum absolute atomic E-state index is 0.00130. The molecule has 17 heavy (non-hydrogen) atoms. The van der Waals surface area contributed by atoms with Crippen LogP contribution in [0.15, 0.2) is 0 Å². The zero-order valence-corrected chi connectivity index (χ0v) is 10.0. The largest absolute Gasteiger partial charge is 0.481 e. The molecule has 0 saturated heterocycles. The van der Waals surface area contributed by atoms with Gasteiger partial charge in [0.1, 0.15) is 0 Å². The number of hydrogen-bond acceptors (Lipinski definition) is 2. The van der Waals surface area contributed by atoms with Gasteiger partial charge in [0.05, 0.1) is 6.42 Å². The predicted octanol–water partition coefficient (Wildman–Crippen LogP) is 1.05. The third-order valence-electron chi connectivity index (χ3n) is 2.52. The van der Waals surface area contributed by atoms with Crippen molar-refractivity contribution >= 4 is 12.0 Å². The number of rotatable bonds is 6. The summed E-state index contributed by atoms with van der Waals surface area (Å²) in [6.07, 6.45) is 2.57. The van der Waals surface area contributed by atoms with Crippen LogP contribution in [0.1, 0.15) is 32.6 Å². The quantitative estimate of drug-likeness (QED) is 0.536. The Morgan fingerprint density at radius 3 is 2.71 bits per heavy atom. The molecule has 1 aliphatic rings. The van der Waals surface area contributed by atoms with Crippen LogP contribution >= 0.6 is 0 Å². The van der Waals surface area contributed by atoms with E-state index in [0.717, 1.165) is 12.8 Å². The van der Waals surface area contributed by atoms with Crippen LogP contribution in [0.3, 0.4) is 0 Å². The number of urea groups is 1. The van der Waals surface area contributed by atoms with Crippen molar-refractivity contribution in [2.24, 2.45) is 0 Å². The molecule has 0 unspecified atom stereocenters. The smallest absolute Gasteiger partial charge is 0.317 e. The van der Waals surface area contributed by atoms with E-state index < -0.39 is 5.97 Å². The summed E-state index contributed by atoms with van der Waals surface area (Å²) in [6, 6.07) is 0.0539. The molecule has 2 amide bonds. The molecule has 0 bridgehead atoms. The average molecular weight is 238 g/mol. The molecule has 0 aromatic heterocycles. The molecule has 2 N–H and O–H groups in total. The highest BCUT2D eigenvalue weighted by Gasteiger charge is 2.32. The fraction of sp³-hybridized carbons (Fsp3) is 0.667. The molecule has 1 fully saturated rings. The summed E-state index contributed by atoms with van der Waals surface area (Å²) in [5.41, 5.74) is 0. The monoisotopic (exact) mass is 238 g/mol. The number of nitrogens with zero attached hydrogens (tertiary/aromatic N) is 1. The van der Waals surface area contributed by atoms with E-state index in [-0.39, 0.29) is 25.0 Å². The fourth-order valence-corrected chi connectivity index (χ4v) is 1.51. The Bertz CT molecular complexity index is 339. The van der Waals surface area contributed by atoms with Gasteiger partial charge in [0.15, 0.2) is 0 Å². The van der Waals surface area contributed by atoms with Gasteiger partial charge in [-0.1, -0.05) is 0 Å². The van der Waals surface area contributed by atoms with E-state index in [2.05, 4.69) is 17.2 Å². The Labute approximate surface area is 101 Å². The maximum absolute atomic E-state index is 11.8. The summed E-state index contributed by atoms with van der Waals surface area (Å²) >= 11 is 0. The maximum Gasteiger partial charge on any atom is 0.317 e. The molecule has 1 saturated carbocycles. The lowest BCUT2D eigenvalue weighted by Gasteiger charge is -2.21. The molecule has 1 rings (SSSR count). The highest BCUT2D eigenvalue weighted by Crippen LogP contribution is 2.26. The molecule has 0 aromatic carbocycles. The number of carboxylic acids is 1. The highest BCUT2D eigenvalue weighted by molar-refractivity contribution is 5.76. The number of aliphatic carboxylic acids is 1. The SMILES string of the molecule is CC#CCCNC(=O)N(CCC(=O)O)C1CC1.